The first-order chi connectivity index (χ1) is 13.8. The Balaban J connectivity index is 2.27. The third-order valence-electron chi connectivity index (χ3n) is 4.26. The topological polar surface area (TPSA) is 84.2 Å². The molecule has 0 aliphatic heterocycles. The number of carbonyl (C=O) groups is 2. The van der Waals surface area contributed by atoms with E-state index in [1.807, 2.05) is 42.7 Å². The number of aromatic nitrogens is 2. The summed E-state index contributed by atoms with van der Waals surface area (Å²) in [6.07, 6.45) is 3.14. The number of halogens is 1. The Kier molecular flexibility index (Phi) is 9.04. The lowest BCUT2D eigenvalue weighted by Gasteiger charge is -2.18. The Bertz CT molecular complexity index is 838. The molecule has 0 spiro atoms. The molecule has 0 unspecified atom stereocenters. The molecule has 1 aromatic heterocycles. The van der Waals surface area contributed by atoms with Crippen molar-refractivity contribution in [1.29, 1.82) is 0 Å². The quantitative estimate of drug-likeness (QED) is 0.513. The highest BCUT2D eigenvalue weighted by molar-refractivity contribution is 7.99. The summed E-state index contributed by atoms with van der Waals surface area (Å²) >= 11 is 7.96. The molecule has 8 heteroatoms. The van der Waals surface area contributed by atoms with Gasteiger partial charge in [0.25, 0.3) is 0 Å². The van der Waals surface area contributed by atoms with Gasteiger partial charge < -0.3 is 15.0 Å². The first-order valence-corrected chi connectivity index (χ1v) is 11.1. The number of carboxylic acid groups (broad SMARTS) is 1. The first kappa shape index (κ1) is 23.3. The fourth-order valence-corrected chi connectivity index (χ4v) is 3.91. The smallest absolute Gasteiger partial charge is 0.326 e. The van der Waals surface area contributed by atoms with Crippen molar-refractivity contribution < 1.29 is 14.7 Å². The second kappa shape index (κ2) is 11.3. The van der Waals surface area contributed by atoms with E-state index in [4.69, 9.17) is 11.6 Å². The van der Waals surface area contributed by atoms with Crippen LogP contribution in [0, 0.1) is 5.92 Å². The summed E-state index contributed by atoms with van der Waals surface area (Å²) in [5.74, 6) is -0.250. The van der Waals surface area contributed by atoms with Gasteiger partial charge in [-0.05, 0) is 24.0 Å². The summed E-state index contributed by atoms with van der Waals surface area (Å²) in [5.41, 5.74) is 1.68. The van der Waals surface area contributed by atoms with Crippen molar-refractivity contribution in [3.63, 3.8) is 0 Å². The number of thioether (sulfide) groups is 1. The molecular formula is C21H28ClN3O3S. The maximum Gasteiger partial charge on any atom is 0.326 e. The van der Waals surface area contributed by atoms with Crippen molar-refractivity contribution in [2.24, 2.45) is 5.92 Å². The van der Waals surface area contributed by atoms with Gasteiger partial charge in [-0.2, -0.15) is 0 Å². The number of benzene rings is 1. The van der Waals surface area contributed by atoms with Crippen LogP contribution in [0.3, 0.4) is 0 Å². The van der Waals surface area contributed by atoms with Crippen LogP contribution in [0.1, 0.15) is 44.9 Å². The zero-order chi connectivity index (χ0) is 21.4. The Hall–Kier alpha value is -1.99. The second-order valence-corrected chi connectivity index (χ2v) is 8.79. The molecule has 2 aromatic rings. The van der Waals surface area contributed by atoms with E-state index < -0.39 is 12.0 Å². The van der Waals surface area contributed by atoms with Crippen LogP contribution in [0.2, 0.25) is 5.02 Å². The molecule has 0 saturated carbocycles. The third kappa shape index (κ3) is 7.08. The average Bonchev–Trinajstić information content (AvgIpc) is 3.02. The Labute approximate surface area is 181 Å². The van der Waals surface area contributed by atoms with Gasteiger partial charge in [-0.3, -0.25) is 4.79 Å². The summed E-state index contributed by atoms with van der Waals surface area (Å²) in [6, 6.07) is 6.56. The van der Waals surface area contributed by atoms with Crippen molar-refractivity contribution in [1.82, 2.24) is 14.9 Å². The van der Waals surface area contributed by atoms with Gasteiger partial charge >= 0.3 is 5.97 Å². The van der Waals surface area contributed by atoms with Gasteiger partial charge in [0.05, 0.1) is 6.54 Å². The van der Waals surface area contributed by atoms with E-state index in [-0.39, 0.29) is 18.2 Å². The highest BCUT2D eigenvalue weighted by Crippen LogP contribution is 2.24. The highest BCUT2D eigenvalue weighted by atomic mass is 35.5. The molecule has 1 aromatic carbocycles. The molecule has 1 heterocycles. The molecule has 0 radical (unpaired) electrons. The molecule has 2 N–H and O–H groups in total. The van der Waals surface area contributed by atoms with Crippen LogP contribution in [0.5, 0.6) is 0 Å². The Morgan fingerprint density at radius 1 is 1.31 bits per heavy atom. The summed E-state index contributed by atoms with van der Waals surface area (Å²) in [7, 11) is 0. The lowest BCUT2D eigenvalue weighted by Crippen LogP contribution is -2.43. The number of hydrogen-bond donors (Lipinski definition) is 2. The normalized spacial score (nSPS) is 12.2. The van der Waals surface area contributed by atoms with Crippen LogP contribution in [-0.4, -0.2) is 38.3 Å². The molecule has 158 valence electrons. The fraction of sp³-hybridized carbons (Fsp3) is 0.476. The van der Waals surface area contributed by atoms with Crippen molar-refractivity contribution in [2.75, 3.05) is 5.75 Å². The van der Waals surface area contributed by atoms with E-state index >= 15 is 0 Å². The van der Waals surface area contributed by atoms with E-state index in [1.165, 1.54) is 0 Å². The number of hydrogen-bond acceptors (Lipinski definition) is 4. The fourth-order valence-electron chi connectivity index (χ4n) is 2.86. The maximum atomic E-state index is 12.1. The van der Waals surface area contributed by atoms with E-state index in [1.54, 1.807) is 18.0 Å². The van der Waals surface area contributed by atoms with Gasteiger partial charge in [-0.15, -0.1) is 0 Å². The SMILES string of the molecule is CCCSc1ncc(C[C@H](NC(=O)CC(C)C)C(=O)O)n1Cc1ccccc1Cl. The van der Waals surface area contributed by atoms with Gasteiger partial charge in [0.1, 0.15) is 6.04 Å². The highest BCUT2D eigenvalue weighted by Gasteiger charge is 2.24. The predicted octanol–water partition coefficient (Wildman–Crippen LogP) is 4.24. The number of amides is 1. The van der Waals surface area contributed by atoms with Gasteiger partial charge in [0.2, 0.25) is 5.91 Å². The molecule has 6 nitrogen and oxygen atoms in total. The molecule has 0 aliphatic rings. The number of rotatable bonds is 11. The first-order valence-electron chi connectivity index (χ1n) is 9.74. The molecular weight excluding hydrogens is 410 g/mol. The van der Waals surface area contributed by atoms with Crippen molar-refractivity contribution in [2.45, 2.75) is 57.8 Å². The summed E-state index contributed by atoms with van der Waals surface area (Å²) in [4.78, 5) is 28.4. The van der Waals surface area contributed by atoms with Crippen LogP contribution < -0.4 is 5.32 Å². The molecule has 29 heavy (non-hydrogen) atoms. The average molecular weight is 438 g/mol. The van der Waals surface area contributed by atoms with Gasteiger partial charge in [0.15, 0.2) is 5.16 Å². The number of carbonyl (C=O) groups excluding carboxylic acids is 1. The number of imidazole rings is 1. The van der Waals surface area contributed by atoms with E-state index in [2.05, 4.69) is 17.2 Å². The zero-order valence-corrected chi connectivity index (χ0v) is 18.6. The van der Waals surface area contributed by atoms with Gasteiger partial charge in [0, 0.05) is 35.5 Å². The minimum absolute atomic E-state index is 0.156. The van der Waals surface area contributed by atoms with Crippen LogP contribution in [0.15, 0.2) is 35.6 Å². The molecule has 1 atom stereocenters. The zero-order valence-electron chi connectivity index (χ0n) is 17.0. The standard InChI is InChI=1S/C21H28ClN3O3S/c1-4-9-29-21-23-12-16(25(21)13-15-7-5-6-8-17(15)22)11-18(20(27)28)24-19(26)10-14(2)3/h5-8,12,14,18H,4,9-11,13H2,1-3H3,(H,24,26)(H,27,28)/t18-/m0/s1. The summed E-state index contributed by atoms with van der Waals surface area (Å²) < 4.78 is 1.99. The monoisotopic (exact) mass is 437 g/mol. The minimum Gasteiger partial charge on any atom is -0.480 e. The van der Waals surface area contributed by atoms with Crippen LogP contribution in [-0.2, 0) is 22.6 Å². The van der Waals surface area contributed by atoms with Crippen LogP contribution in [0.25, 0.3) is 0 Å². The number of nitrogens with zero attached hydrogens (tertiary/aromatic N) is 2. The van der Waals surface area contributed by atoms with Crippen molar-refractivity contribution in [3.05, 3.63) is 46.7 Å². The predicted molar refractivity (Wildman–Crippen MR) is 117 cm³/mol. The Morgan fingerprint density at radius 2 is 2.03 bits per heavy atom. The van der Waals surface area contributed by atoms with E-state index in [0.717, 1.165) is 28.6 Å². The second-order valence-electron chi connectivity index (χ2n) is 7.32. The third-order valence-corrected chi connectivity index (χ3v) is 5.83. The molecule has 0 bridgehead atoms. The summed E-state index contributed by atoms with van der Waals surface area (Å²) in [6.45, 7) is 6.43. The molecule has 2 rings (SSSR count). The van der Waals surface area contributed by atoms with Crippen LogP contribution in [0.4, 0.5) is 0 Å². The molecule has 1 amide bonds. The molecule has 0 aliphatic carbocycles. The van der Waals surface area contributed by atoms with Gasteiger partial charge in [-0.1, -0.05) is 62.3 Å². The lowest BCUT2D eigenvalue weighted by atomic mass is 10.1. The number of nitrogens with one attached hydrogen (secondary N) is 1. The maximum absolute atomic E-state index is 12.1. The van der Waals surface area contributed by atoms with E-state index in [0.29, 0.717) is 18.0 Å². The number of carboxylic acids is 1. The lowest BCUT2D eigenvalue weighted by molar-refractivity contribution is -0.141. The minimum atomic E-state index is -1.06. The largest absolute Gasteiger partial charge is 0.480 e. The number of aliphatic carboxylic acids is 1. The van der Waals surface area contributed by atoms with Crippen LogP contribution >= 0.6 is 23.4 Å². The summed E-state index contributed by atoms with van der Waals surface area (Å²) in [5, 5.41) is 13.7. The Morgan fingerprint density at radius 3 is 2.66 bits per heavy atom. The van der Waals surface area contributed by atoms with E-state index in [9.17, 15) is 14.7 Å². The van der Waals surface area contributed by atoms with Crippen molar-refractivity contribution >= 4 is 35.2 Å². The van der Waals surface area contributed by atoms with Crippen molar-refractivity contribution in [3.8, 4) is 0 Å². The van der Waals surface area contributed by atoms with Gasteiger partial charge in [-0.25, -0.2) is 9.78 Å². The molecule has 0 saturated heterocycles. The molecule has 0 fully saturated rings.